The van der Waals surface area contributed by atoms with E-state index in [1.807, 2.05) is 13.8 Å². The van der Waals surface area contributed by atoms with E-state index in [9.17, 15) is 4.79 Å². The molecule has 7 unspecified atom stereocenters. The van der Waals surface area contributed by atoms with Crippen molar-refractivity contribution in [2.24, 2.45) is 46.3 Å². The summed E-state index contributed by atoms with van der Waals surface area (Å²) in [5.74, 6) is 4.96. The quantitative estimate of drug-likeness (QED) is 0.455. The van der Waals surface area contributed by atoms with E-state index in [1.54, 1.807) is 0 Å². The van der Waals surface area contributed by atoms with Gasteiger partial charge < -0.3 is 5.11 Å². The molecule has 0 bridgehead atoms. The highest BCUT2D eigenvalue weighted by atomic mass is 16.4. The van der Waals surface area contributed by atoms with Crippen LogP contribution in [0.15, 0.2) is 0 Å². The Kier molecular flexibility index (Phi) is 10.6. The van der Waals surface area contributed by atoms with Crippen molar-refractivity contribution in [2.75, 3.05) is 0 Å². The van der Waals surface area contributed by atoms with E-state index in [-0.39, 0.29) is 0 Å². The van der Waals surface area contributed by atoms with Crippen molar-refractivity contribution < 1.29 is 9.90 Å². The van der Waals surface area contributed by atoms with Gasteiger partial charge in [-0.1, -0.05) is 67.7 Å². The van der Waals surface area contributed by atoms with Crippen molar-refractivity contribution in [3.63, 3.8) is 0 Å². The molecule has 4 aliphatic carbocycles. The predicted molar refractivity (Wildman–Crippen MR) is 138 cm³/mol. The summed E-state index contributed by atoms with van der Waals surface area (Å²) in [5, 5.41) is 8.98. The number of carboxylic acid groups (broad SMARTS) is 1. The summed E-state index contributed by atoms with van der Waals surface area (Å²) >= 11 is 0. The molecular weight excluding hydrogens is 392 g/mol. The summed E-state index contributed by atoms with van der Waals surface area (Å²) in [6.07, 6.45) is 18.3. The average Bonchev–Trinajstić information content (AvgIpc) is 3.11. The molecule has 0 aromatic carbocycles. The zero-order chi connectivity index (χ0) is 23.9. The van der Waals surface area contributed by atoms with Gasteiger partial charge in [0.15, 0.2) is 0 Å². The number of hydrogen-bond donors (Lipinski definition) is 1. The fraction of sp³-hybridized carbons (Fsp3) is 0.967. The molecule has 188 valence electrons. The molecule has 0 spiro atoms. The van der Waals surface area contributed by atoms with Gasteiger partial charge in [0.25, 0.3) is 0 Å². The van der Waals surface area contributed by atoms with Crippen LogP contribution in [0.5, 0.6) is 0 Å². The number of fused-ring (bicyclic) bond motifs is 5. The predicted octanol–water partition coefficient (Wildman–Crippen LogP) is 9.37. The van der Waals surface area contributed by atoms with Crippen LogP contribution in [0, 0.1) is 46.3 Å². The summed E-state index contributed by atoms with van der Waals surface area (Å²) < 4.78 is 0. The fourth-order valence-electron chi connectivity index (χ4n) is 8.38. The van der Waals surface area contributed by atoms with Gasteiger partial charge in [0.1, 0.15) is 0 Å². The third kappa shape index (κ3) is 5.93. The van der Waals surface area contributed by atoms with Crippen molar-refractivity contribution in [1.29, 1.82) is 0 Å². The molecule has 4 saturated carbocycles. The van der Waals surface area contributed by atoms with Crippen molar-refractivity contribution >= 4 is 5.97 Å². The van der Waals surface area contributed by atoms with Crippen LogP contribution in [0.25, 0.3) is 0 Å². The molecule has 2 heteroatoms. The molecule has 4 fully saturated rings. The molecule has 32 heavy (non-hydrogen) atoms. The van der Waals surface area contributed by atoms with Gasteiger partial charge in [-0.3, -0.25) is 4.79 Å². The third-order valence-corrected chi connectivity index (χ3v) is 10.5. The number of rotatable bonds is 5. The Morgan fingerprint density at radius 2 is 1.56 bits per heavy atom. The first-order chi connectivity index (χ1) is 15.2. The lowest BCUT2D eigenvalue weighted by atomic mass is 9.45. The molecule has 2 nitrogen and oxygen atoms in total. The van der Waals surface area contributed by atoms with E-state index in [0.717, 1.165) is 48.3 Å². The van der Waals surface area contributed by atoms with Crippen LogP contribution in [-0.2, 0) is 4.79 Å². The molecule has 0 aliphatic heterocycles. The Labute approximate surface area is 200 Å². The molecule has 0 radical (unpaired) electrons. The molecule has 0 heterocycles. The highest BCUT2D eigenvalue weighted by molar-refractivity contribution is 5.66. The number of carbonyl (C=O) groups is 1. The van der Waals surface area contributed by atoms with Crippen LogP contribution >= 0.6 is 0 Å². The molecular formula is C30H56O2. The van der Waals surface area contributed by atoms with Crippen molar-refractivity contribution in [2.45, 2.75) is 138 Å². The monoisotopic (exact) mass is 448 g/mol. The number of aliphatic carboxylic acids is 1. The van der Waals surface area contributed by atoms with Gasteiger partial charge in [-0.15, -0.1) is 0 Å². The minimum absolute atomic E-state index is 0.364. The second-order valence-corrected chi connectivity index (χ2v) is 12.3. The van der Waals surface area contributed by atoms with Crippen LogP contribution in [0.4, 0.5) is 0 Å². The summed E-state index contributed by atoms with van der Waals surface area (Å²) in [6, 6.07) is 0. The Morgan fingerprint density at radius 1 is 0.906 bits per heavy atom. The highest BCUT2D eigenvalue weighted by Crippen LogP contribution is 2.67. The van der Waals surface area contributed by atoms with E-state index in [0.29, 0.717) is 17.3 Å². The Balaban J connectivity index is 0.000000460. The second-order valence-electron chi connectivity index (χ2n) is 12.3. The standard InChI is InChI=1S/C23H38O2.C5H12.C2H6/c1-22-14-4-3-6-16(22)9-11-18-19-12-10-17(7-5-8-21(24)25)23(19,2)15-13-20(18)22;1-4-5(2)3;1-2/h16-20H,3-15H2,1-2H3,(H,24,25);5H,4H2,1-3H3;1-2H3. The fourth-order valence-corrected chi connectivity index (χ4v) is 8.38. The van der Waals surface area contributed by atoms with Gasteiger partial charge in [-0.2, -0.15) is 0 Å². The van der Waals surface area contributed by atoms with Crippen LogP contribution in [0.1, 0.15) is 138 Å². The van der Waals surface area contributed by atoms with Crippen molar-refractivity contribution in [3.05, 3.63) is 0 Å². The Morgan fingerprint density at radius 3 is 2.19 bits per heavy atom. The molecule has 0 aromatic heterocycles. The molecule has 1 N–H and O–H groups in total. The van der Waals surface area contributed by atoms with Crippen molar-refractivity contribution in [3.8, 4) is 0 Å². The molecule has 4 aliphatic rings. The van der Waals surface area contributed by atoms with E-state index in [4.69, 9.17) is 5.11 Å². The topological polar surface area (TPSA) is 37.3 Å². The van der Waals surface area contributed by atoms with Crippen LogP contribution in [0.2, 0.25) is 0 Å². The first kappa shape index (κ1) is 27.7. The van der Waals surface area contributed by atoms with E-state index >= 15 is 0 Å². The van der Waals surface area contributed by atoms with Crippen molar-refractivity contribution in [1.82, 2.24) is 0 Å². The lowest BCUT2D eigenvalue weighted by Gasteiger charge is -2.60. The summed E-state index contributed by atoms with van der Waals surface area (Å²) in [4.78, 5) is 10.9. The maximum absolute atomic E-state index is 10.9. The molecule has 4 rings (SSSR count). The molecule has 0 amide bonds. The maximum atomic E-state index is 10.9. The van der Waals surface area contributed by atoms with Gasteiger partial charge in [-0.25, -0.2) is 0 Å². The van der Waals surface area contributed by atoms with E-state index < -0.39 is 5.97 Å². The van der Waals surface area contributed by atoms with E-state index in [2.05, 4.69) is 34.6 Å². The van der Waals surface area contributed by atoms with Gasteiger partial charge in [0.05, 0.1) is 0 Å². The first-order valence-electron chi connectivity index (χ1n) is 14.4. The lowest BCUT2D eigenvalue weighted by molar-refractivity contribution is -0.137. The smallest absolute Gasteiger partial charge is 0.303 e. The molecule has 0 saturated heterocycles. The third-order valence-electron chi connectivity index (χ3n) is 10.5. The van der Waals surface area contributed by atoms with Gasteiger partial charge in [-0.05, 0) is 111 Å². The first-order valence-corrected chi connectivity index (χ1v) is 14.4. The number of carboxylic acids is 1. The minimum Gasteiger partial charge on any atom is -0.481 e. The van der Waals surface area contributed by atoms with E-state index in [1.165, 1.54) is 70.6 Å². The highest BCUT2D eigenvalue weighted by Gasteiger charge is 2.59. The van der Waals surface area contributed by atoms with Crippen LogP contribution in [-0.4, -0.2) is 11.1 Å². The van der Waals surface area contributed by atoms with Crippen LogP contribution in [0.3, 0.4) is 0 Å². The minimum atomic E-state index is -0.619. The lowest BCUT2D eigenvalue weighted by Crippen LogP contribution is -2.52. The zero-order valence-electron chi connectivity index (χ0n) is 22.7. The Hall–Kier alpha value is -0.530. The SMILES string of the molecule is CC.CC12CCCCC1CCC1C2CCC2(C)C(CCCC(=O)O)CCC12.CCC(C)C. The summed E-state index contributed by atoms with van der Waals surface area (Å²) in [7, 11) is 0. The second kappa shape index (κ2) is 12.3. The van der Waals surface area contributed by atoms with Gasteiger partial charge in [0.2, 0.25) is 0 Å². The summed E-state index contributed by atoms with van der Waals surface area (Å²) in [6.45, 7) is 15.9. The Bertz CT molecular complexity index is 569. The average molecular weight is 449 g/mol. The maximum Gasteiger partial charge on any atom is 0.303 e. The normalized spacial score (nSPS) is 40.1. The van der Waals surface area contributed by atoms with Gasteiger partial charge >= 0.3 is 5.97 Å². The molecule has 7 atom stereocenters. The summed E-state index contributed by atoms with van der Waals surface area (Å²) in [5.41, 5.74) is 1.15. The molecule has 0 aromatic rings. The largest absolute Gasteiger partial charge is 0.481 e. The van der Waals surface area contributed by atoms with Crippen LogP contribution < -0.4 is 0 Å². The van der Waals surface area contributed by atoms with Gasteiger partial charge in [0, 0.05) is 6.42 Å². The zero-order valence-corrected chi connectivity index (χ0v) is 22.7. The number of hydrogen-bond acceptors (Lipinski definition) is 1.